The van der Waals surface area contributed by atoms with Gasteiger partial charge < -0.3 is 14.4 Å². The first-order valence-electron chi connectivity index (χ1n) is 11.5. The van der Waals surface area contributed by atoms with E-state index in [2.05, 4.69) is 63.2 Å². The summed E-state index contributed by atoms with van der Waals surface area (Å²) < 4.78 is 5.30. The Kier molecular flexibility index (Phi) is 10.5. The van der Waals surface area contributed by atoms with Crippen molar-refractivity contribution >= 4 is 23.7 Å². The van der Waals surface area contributed by atoms with Crippen molar-refractivity contribution in [2.45, 2.75) is 63.7 Å². The number of carbonyl (C=O) groups excluding carboxylic acids is 1. The molecule has 0 radical (unpaired) electrons. The Morgan fingerprint density at radius 2 is 1.65 bits per heavy atom. The van der Waals surface area contributed by atoms with Crippen molar-refractivity contribution in [3.63, 3.8) is 0 Å². The monoisotopic (exact) mass is 441 g/mol. The van der Waals surface area contributed by atoms with Gasteiger partial charge in [-0.1, -0.05) is 51.7 Å². The molecule has 0 saturated heterocycles. The predicted molar refractivity (Wildman–Crippen MR) is 135 cm³/mol. The van der Waals surface area contributed by atoms with Crippen molar-refractivity contribution in [1.29, 1.82) is 0 Å². The van der Waals surface area contributed by atoms with Crippen LogP contribution in [0.4, 0.5) is 5.69 Å². The van der Waals surface area contributed by atoms with Crippen molar-refractivity contribution in [3.05, 3.63) is 53.6 Å². The molecule has 0 bridgehead atoms. The second-order valence-corrected chi connectivity index (χ2v) is 9.70. The SMILES string of the molecule is CCCCC(C=O)(CCCC)CSc1ccc(N(C)C)cc1Cc1ccc(OC)cc1. The molecule has 0 aliphatic heterocycles. The highest BCUT2D eigenvalue weighted by atomic mass is 32.2. The number of hydrogen-bond donors (Lipinski definition) is 0. The molecule has 0 heterocycles. The summed E-state index contributed by atoms with van der Waals surface area (Å²) in [7, 11) is 5.85. The Hall–Kier alpha value is -1.94. The highest BCUT2D eigenvalue weighted by Gasteiger charge is 2.29. The van der Waals surface area contributed by atoms with Crippen LogP contribution in [0.15, 0.2) is 47.4 Å². The smallest absolute Gasteiger partial charge is 0.126 e. The largest absolute Gasteiger partial charge is 0.497 e. The fourth-order valence-electron chi connectivity index (χ4n) is 3.79. The van der Waals surface area contributed by atoms with E-state index in [-0.39, 0.29) is 5.41 Å². The molecule has 4 heteroatoms. The molecule has 0 aromatic heterocycles. The van der Waals surface area contributed by atoms with Crippen molar-refractivity contribution in [3.8, 4) is 5.75 Å². The van der Waals surface area contributed by atoms with Crippen LogP contribution in [0.25, 0.3) is 0 Å². The Bertz CT molecular complexity index is 793. The lowest BCUT2D eigenvalue weighted by Crippen LogP contribution is -2.26. The number of methoxy groups -OCH3 is 1. The molecule has 0 unspecified atom stereocenters. The average Bonchev–Trinajstić information content (AvgIpc) is 2.80. The Morgan fingerprint density at radius 3 is 2.16 bits per heavy atom. The van der Waals surface area contributed by atoms with E-state index in [4.69, 9.17) is 4.74 Å². The van der Waals surface area contributed by atoms with E-state index >= 15 is 0 Å². The molecule has 0 spiro atoms. The molecule has 0 amide bonds. The first-order chi connectivity index (χ1) is 15.0. The molecule has 0 atom stereocenters. The minimum Gasteiger partial charge on any atom is -0.497 e. The Morgan fingerprint density at radius 1 is 1.00 bits per heavy atom. The number of thioether (sulfide) groups is 1. The molecule has 3 nitrogen and oxygen atoms in total. The third-order valence-electron chi connectivity index (χ3n) is 5.94. The van der Waals surface area contributed by atoms with Crippen molar-refractivity contribution in [2.75, 3.05) is 31.9 Å². The summed E-state index contributed by atoms with van der Waals surface area (Å²) in [6.45, 7) is 4.41. The summed E-state index contributed by atoms with van der Waals surface area (Å²) in [5, 5.41) is 0. The third-order valence-corrected chi connectivity index (χ3v) is 7.36. The van der Waals surface area contributed by atoms with Gasteiger partial charge in [0.25, 0.3) is 0 Å². The molecule has 0 fully saturated rings. The lowest BCUT2D eigenvalue weighted by Gasteiger charge is -2.28. The van der Waals surface area contributed by atoms with E-state index in [1.54, 1.807) is 7.11 Å². The van der Waals surface area contributed by atoms with Gasteiger partial charge in [-0.15, -0.1) is 11.8 Å². The topological polar surface area (TPSA) is 29.5 Å². The molecule has 2 aromatic rings. The van der Waals surface area contributed by atoms with Gasteiger partial charge in [0.05, 0.1) is 7.11 Å². The van der Waals surface area contributed by atoms with E-state index in [9.17, 15) is 4.79 Å². The van der Waals surface area contributed by atoms with Crippen LogP contribution in [-0.4, -0.2) is 33.2 Å². The zero-order chi connectivity index (χ0) is 22.7. The average molecular weight is 442 g/mol. The van der Waals surface area contributed by atoms with Crippen LogP contribution in [0.2, 0.25) is 0 Å². The minimum absolute atomic E-state index is 0.214. The van der Waals surface area contributed by atoms with Gasteiger partial charge in [-0.3, -0.25) is 0 Å². The maximum atomic E-state index is 12.2. The maximum absolute atomic E-state index is 12.2. The molecule has 170 valence electrons. The van der Waals surface area contributed by atoms with Crippen molar-refractivity contribution in [2.24, 2.45) is 5.41 Å². The normalized spacial score (nSPS) is 11.4. The van der Waals surface area contributed by atoms with Crippen LogP contribution in [-0.2, 0) is 11.2 Å². The van der Waals surface area contributed by atoms with Gasteiger partial charge in [0.15, 0.2) is 0 Å². The lowest BCUT2D eigenvalue weighted by molar-refractivity contribution is -0.116. The first kappa shape index (κ1) is 25.3. The number of rotatable bonds is 14. The summed E-state index contributed by atoms with van der Waals surface area (Å²) in [6, 6.07) is 15.0. The van der Waals surface area contributed by atoms with Gasteiger partial charge in [-0.25, -0.2) is 0 Å². The third kappa shape index (κ3) is 7.60. The van der Waals surface area contributed by atoms with Crippen LogP contribution >= 0.6 is 11.8 Å². The number of nitrogens with zero attached hydrogens (tertiary/aromatic N) is 1. The number of anilines is 1. The second kappa shape index (κ2) is 12.8. The maximum Gasteiger partial charge on any atom is 0.126 e. The van der Waals surface area contributed by atoms with Crippen molar-refractivity contribution < 1.29 is 9.53 Å². The summed E-state index contributed by atoms with van der Waals surface area (Å²) >= 11 is 1.85. The van der Waals surface area contributed by atoms with E-state index < -0.39 is 0 Å². The number of hydrogen-bond acceptors (Lipinski definition) is 4. The Balaban J connectivity index is 2.27. The second-order valence-electron chi connectivity index (χ2n) is 8.69. The fraction of sp³-hybridized carbons (Fsp3) is 0.519. The molecule has 2 rings (SSSR count). The zero-order valence-electron chi connectivity index (χ0n) is 19.9. The van der Waals surface area contributed by atoms with Crippen LogP contribution in [0.5, 0.6) is 5.75 Å². The standard InChI is InChI=1S/C27H39NO2S/c1-6-8-16-27(20-29,17-9-7-2)21-31-26-15-12-24(28(3)4)19-23(26)18-22-10-13-25(30-5)14-11-22/h10-15,19-20H,6-9,16-18,21H2,1-5H3. The van der Waals surface area contributed by atoms with E-state index in [0.717, 1.165) is 56.4 Å². The molecule has 0 saturated carbocycles. The van der Waals surface area contributed by atoms with Crippen LogP contribution in [0.1, 0.15) is 63.5 Å². The van der Waals surface area contributed by atoms with Gasteiger partial charge in [0, 0.05) is 35.8 Å². The van der Waals surface area contributed by atoms with Crippen LogP contribution < -0.4 is 9.64 Å². The van der Waals surface area contributed by atoms with Gasteiger partial charge in [-0.05, 0) is 60.7 Å². The van der Waals surface area contributed by atoms with Crippen LogP contribution in [0.3, 0.4) is 0 Å². The molecule has 0 aliphatic rings. The van der Waals surface area contributed by atoms with Crippen molar-refractivity contribution in [1.82, 2.24) is 0 Å². The predicted octanol–water partition coefficient (Wildman–Crippen LogP) is 7.01. The van der Waals surface area contributed by atoms with E-state index in [0.29, 0.717) is 0 Å². The lowest BCUT2D eigenvalue weighted by atomic mass is 9.81. The van der Waals surface area contributed by atoms with Gasteiger partial charge >= 0.3 is 0 Å². The van der Waals surface area contributed by atoms with Gasteiger partial charge in [0.2, 0.25) is 0 Å². The number of aldehydes is 1. The summed E-state index contributed by atoms with van der Waals surface area (Å²) in [4.78, 5) is 15.6. The molecular weight excluding hydrogens is 402 g/mol. The number of carbonyl (C=O) groups is 1. The molecule has 31 heavy (non-hydrogen) atoms. The zero-order valence-corrected chi connectivity index (χ0v) is 20.8. The van der Waals surface area contributed by atoms with E-state index in [1.807, 2.05) is 23.9 Å². The number of benzene rings is 2. The summed E-state index contributed by atoms with van der Waals surface area (Å²) in [5.74, 6) is 1.73. The highest BCUT2D eigenvalue weighted by Crippen LogP contribution is 2.38. The number of unbranched alkanes of at least 4 members (excludes halogenated alkanes) is 2. The molecule has 0 aliphatic carbocycles. The first-order valence-corrected chi connectivity index (χ1v) is 12.5. The fourth-order valence-corrected chi connectivity index (χ4v) is 5.07. The van der Waals surface area contributed by atoms with E-state index in [1.165, 1.54) is 28.0 Å². The molecular formula is C27H39NO2S. The number of ether oxygens (including phenoxy) is 1. The van der Waals surface area contributed by atoms with Gasteiger partial charge in [0.1, 0.15) is 12.0 Å². The molecule has 2 aromatic carbocycles. The molecule has 0 N–H and O–H groups in total. The Labute approximate surface area is 193 Å². The van der Waals surface area contributed by atoms with Crippen LogP contribution in [0, 0.1) is 5.41 Å². The van der Waals surface area contributed by atoms with Gasteiger partial charge in [-0.2, -0.15) is 0 Å². The minimum atomic E-state index is -0.214. The summed E-state index contributed by atoms with van der Waals surface area (Å²) in [5.41, 5.74) is 3.56. The highest BCUT2D eigenvalue weighted by molar-refractivity contribution is 7.99. The summed E-state index contributed by atoms with van der Waals surface area (Å²) in [6.07, 6.45) is 8.59. The quantitative estimate of drug-likeness (QED) is 0.233.